The van der Waals surface area contributed by atoms with Gasteiger partial charge in [0.15, 0.2) is 0 Å². The molecule has 2 rings (SSSR count). The summed E-state index contributed by atoms with van der Waals surface area (Å²) in [5.74, 6) is -0.638. The highest BCUT2D eigenvalue weighted by Crippen LogP contribution is 2.22. The molecule has 1 aromatic rings. The summed E-state index contributed by atoms with van der Waals surface area (Å²) < 4.78 is 31.7. The van der Waals surface area contributed by atoms with Crippen molar-refractivity contribution in [3.63, 3.8) is 0 Å². The lowest BCUT2D eigenvalue weighted by Crippen LogP contribution is -2.35. The predicted molar refractivity (Wildman–Crippen MR) is 78.7 cm³/mol. The first-order valence-electron chi connectivity index (χ1n) is 6.83. The third-order valence-corrected chi connectivity index (χ3v) is 5.55. The van der Waals surface area contributed by atoms with Gasteiger partial charge < -0.3 is 9.64 Å². The molecule has 7 heteroatoms. The summed E-state index contributed by atoms with van der Waals surface area (Å²) in [6, 6.07) is 6.17. The Morgan fingerprint density at radius 3 is 2.57 bits per heavy atom. The predicted octanol–water partition coefficient (Wildman–Crippen LogP) is 0.799. The minimum atomic E-state index is -3.69. The second-order valence-electron chi connectivity index (χ2n) is 5.05. The van der Waals surface area contributed by atoms with E-state index < -0.39 is 16.0 Å². The van der Waals surface area contributed by atoms with Gasteiger partial charge in [0.05, 0.1) is 17.6 Å². The number of sulfonamides is 1. The number of ether oxygens (including phenoxy) is 1. The van der Waals surface area contributed by atoms with Crippen LogP contribution in [0.25, 0.3) is 0 Å². The van der Waals surface area contributed by atoms with Gasteiger partial charge in [0, 0.05) is 19.6 Å². The molecule has 1 saturated heterocycles. The maximum atomic E-state index is 12.8. The quantitative estimate of drug-likeness (QED) is 0.772. The molecule has 1 heterocycles. The number of likely N-dealkylation sites (N-methyl/N-ethyl adjacent to an activating group) is 1. The van der Waals surface area contributed by atoms with E-state index in [9.17, 15) is 13.2 Å². The van der Waals surface area contributed by atoms with E-state index in [0.717, 1.165) is 13.0 Å². The van der Waals surface area contributed by atoms with E-state index in [-0.39, 0.29) is 10.5 Å². The highest BCUT2D eigenvalue weighted by atomic mass is 32.2. The summed E-state index contributed by atoms with van der Waals surface area (Å²) in [5.41, 5.74) is 0.0811. The van der Waals surface area contributed by atoms with Crippen LogP contribution in [0.1, 0.15) is 16.8 Å². The minimum absolute atomic E-state index is 0.0152. The SMILES string of the molecule is COC(=O)c1ccccc1S(=O)(=O)N1CCCN(C)CC1. The summed E-state index contributed by atoms with van der Waals surface area (Å²) in [5, 5.41) is 0. The van der Waals surface area contributed by atoms with Crippen molar-refractivity contribution < 1.29 is 17.9 Å². The van der Waals surface area contributed by atoms with Crippen molar-refractivity contribution in [1.29, 1.82) is 0 Å². The first kappa shape index (κ1) is 15.9. The number of nitrogens with zero attached hydrogens (tertiary/aromatic N) is 2. The standard InChI is InChI=1S/C14H20N2O4S/c1-15-8-5-9-16(11-10-15)21(18,19)13-7-4-3-6-12(13)14(17)20-2/h3-4,6-7H,5,8-11H2,1-2H3. The molecule has 6 nitrogen and oxygen atoms in total. The fourth-order valence-electron chi connectivity index (χ4n) is 2.37. The van der Waals surface area contributed by atoms with Crippen LogP contribution < -0.4 is 0 Å². The molecule has 0 amide bonds. The fraction of sp³-hybridized carbons (Fsp3) is 0.500. The third-order valence-electron chi connectivity index (χ3n) is 3.59. The third kappa shape index (κ3) is 3.42. The first-order valence-corrected chi connectivity index (χ1v) is 8.27. The molecule has 0 aromatic heterocycles. The maximum Gasteiger partial charge on any atom is 0.339 e. The molecule has 21 heavy (non-hydrogen) atoms. The molecule has 0 bridgehead atoms. The average Bonchev–Trinajstić information content (AvgIpc) is 2.71. The van der Waals surface area contributed by atoms with Gasteiger partial charge in [-0.25, -0.2) is 13.2 Å². The van der Waals surface area contributed by atoms with E-state index in [0.29, 0.717) is 19.6 Å². The van der Waals surface area contributed by atoms with Crippen LogP contribution in [0.4, 0.5) is 0 Å². The molecule has 116 valence electrons. The number of rotatable bonds is 3. The monoisotopic (exact) mass is 312 g/mol. The Kier molecular flexibility index (Phi) is 4.97. The Balaban J connectivity index is 2.37. The van der Waals surface area contributed by atoms with Gasteiger partial charge in [-0.15, -0.1) is 0 Å². The first-order chi connectivity index (χ1) is 9.96. The van der Waals surface area contributed by atoms with Gasteiger partial charge in [-0.2, -0.15) is 4.31 Å². The van der Waals surface area contributed by atoms with Gasteiger partial charge in [-0.05, 0) is 32.1 Å². The van der Waals surface area contributed by atoms with Crippen molar-refractivity contribution in [1.82, 2.24) is 9.21 Å². The molecule has 1 aliphatic heterocycles. The molecule has 1 fully saturated rings. The van der Waals surface area contributed by atoms with E-state index in [4.69, 9.17) is 0 Å². The van der Waals surface area contributed by atoms with E-state index in [2.05, 4.69) is 9.64 Å². The van der Waals surface area contributed by atoms with Crippen LogP contribution in [0.5, 0.6) is 0 Å². The van der Waals surface area contributed by atoms with Crippen LogP contribution in [0.15, 0.2) is 29.2 Å². The molecule has 1 aliphatic rings. The summed E-state index contributed by atoms with van der Waals surface area (Å²) in [6.45, 7) is 2.43. The number of hydrogen-bond donors (Lipinski definition) is 0. The van der Waals surface area contributed by atoms with Crippen molar-refractivity contribution in [2.45, 2.75) is 11.3 Å². The van der Waals surface area contributed by atoms with Crippen LogP contribution in [-0.2, 0) is 14.8 Å². The number of carbonyl (C=O) groups is 1. The van der Waals surface area contributed by atoms with Crippen molar-refractivity contribution in [2.24, 2.45) is 0 Å². The van der Waals surface area contributed by atoms with E-state index in [1.54, 1.807) is 12.1 Å². The van der Waals surface area contributed by atoms with E-state index in [1.807, 2.05) is 7.05 Å². The van der Waals surface area contributed by atoms with E-state index >= 15 is 0 Å². The zero-order chi connectivity index (χ0) is 15.5. The topological polar surface area (TPSA) is 66.9 Å². The van der Waals surface area contributed by atoms with Crippen molar-refractivity contribution >= 4 is 16.0 Å². The number of esters is 1. The number of methoxy groups -OCH3 is 1. The van der Waals surface area contributed by atoms with Crippen LogP contribution in [-0.4, -0.2) is 63.9 Å². The zero-order valence-corrected chi connectivity index (χ0v) is 13.1. The molecule has 0 unspecified atom stereocenters. The molecule has 0 aliphatic carbocycles. The summed E-state index contributed by atoms with van der Waals surface area (Å²) in [4.78, 5) is 13.9. The van der Waals surface area contributed by atoms with Crippen LogP contribution in [0.3, 0.4) is 0 Å². The second kappa shape index (κ2) is 6.55. The largest absolute Gasteiger partial charge is 0.465 e. The van der Waals surface area contributed by atoms with Crippen molar-refractivity contribution in [2.75, 3.05) is 40.3 Å². The number of carbonyl (C=O) groups excluding carboxylic acids is 1. The van der Waals surface area contributed by atoms with Gasteiger partial charge >= 0.3 is 5.97 Å². The van der Waals surface area contributed by atoms with Crippen molar-refractivity contribution in [3.05, 3.63) is 29.8 Å². The summed E-state index contributed by atoms with van der Waals surface area (Å²) in [6.07, 6.45) is 0.774. The fourth-order valence-corrected chi connectivity index (χ4v) is 4.02. The van der Waals surface area contributed by atoms with Gasteiger partial charge in [0.25, 0.3) is 0 Å². The lowest BCUT2D eigenvalue weighted by Gasteiger charge is -2.21. The summed E-state index contributed by atoms with van der Waals surface area (Å²) >= 11 is 0. The number of hydrogen-bond acceptors (Lipinski definition) is 5. The van der Waals surface area contributed by atoms with Crippen LogP contribution in [0.2, 0.25) is 0 Å². The average molecular weight is 312 g/mol. The van der Waals surface area contributed by atoms with Crippen LogP contribution >= 0.6 is 0 Å². The summed E-state index contributed by atoms with van der Waals surface area (Å²) in [7, 11) is -0.475. The normalized spacial score (nSPS) is 18.2. The Labute approximate surface area is 125 Å². The molecular formula is C14H20N2O4S. The Hall–Kier alpha value is -1.44. The molecule has 0 atom stereocenters. The van der Waals surface area contributed by atoms with Gasteiger partial charge in [0.1, 0.15) is 0 Å². The molecular weight excluding hydrogens is 292 g/mol. The Morgan fingerprint density at radius 2 is 1.86 bits per heavy atom. The van der Waals surface area contributed by atoms with Crippen molar-refractivity contribution in [3.8, 4) is 0 Å². The Bertz CT molecular complexity index is 615. The molecule has 1 aromatic carbocycles. The molecule has 0 N–H and O–H groups in total. The molecule has 0 saturated carbocycles. The van der Waals surface area contributed by atoms with Crippen LogP contribution in [0, 0.1) is 0 Å². The zero-order valence-electron chi connectivity index (χ0n) is 12.3. The Morgan fingerprint density at radius 1 is 1.14 bits per heavy atom. The maximum absolute atomic E-state index is 12.8. The highest BCUT2D eigenvalue weighted by molar-refractivity contribution is 7.89. The molecule has 0 spiro atoms. The van der Waals surface area contributed by atoms with Gasteiger partial charge in [-0.1, -0.05) is 12.1 Å². The van der Waals surface area contributed by atoms with Gasteiger partial charge in [0.2, 0.25) is 10.0 Å². The smallest absolute Gasteiger partial charge is 0.339 e. The highest BCUT2D eigenvalue weighted by Gasteiger charge is 2.30. The van der Waals surface area contributed by atoms with E-state index in [1.165, 1.54) is 23.5 Å². The molecule has 0 radical (unpaired) electrons. The number of benzene rings is 1. The lowest BCUT2D eigenvalue weighted by atomic mass is 10.2. The lowest BCUT2D eigenvalue weighted by molar-refractivity contribution is 0.0596. The van der Waals surface area contributed by atoms with Gasteiger partial charge in [-0.3, -0.25) is 0 Å². The second-order valence-corrected chi connectivity index (χ2v) is 6.96. The minimum Gasteiger partial charge on any atom is -0.465 e.